The minimum absolute atomic E-state index is 0.0188. The molecular formula is C44H42Cl2N10O7. The smallest absolute Gasteiger partial charge is 0.264 e. The van der Waals surface area contributed by atoms with Gasteiger partial charge in [-0.15, -0.1) is 0 Å². The van der Waals surface area contributed by atoms with Crippen LogP contribution in [-0.2, 0) is 19.2 Å². The van der Waals surface area contributed by atoms with E-state index in [1.54, 1.807) is 23.2 Å². The van der Waals surface area contributed by atoms with Crippen LogP contribution in [0.25, 0.3) is 22.2 Å². The van der Waals surface area contributed by atoms with E-state index in [2.05, 4.69) is 30.7 Å². The van der Waals surface area contributed by atoms with Gasteiger partial charge in [-0.2, -0.15) is 5.10 Å². The number of fused-ring (bicyclic) bond motifs is 2. The van der Waals surface area contributed by atoms with Crippen molar-refractivity contribution in [3.05, 3.63) is 93.9 Å². The molecule has 4 aliphatic rings. The number of imide groups is 2. The van der Waals surface area contributed by atoms with Crippen molar-refractivity contribution < 1.29 is 33.5 Å². The summed E-state index contributed by atoms with van der Waals surface area (Å²) in [6.07, 6.45) is 5.58. The standard InChI is InChI=1S/C44H42Cl2N10O7/c1-24(38-30(45)21-47-22-31(38)46)63-27-6-7-32-29(19-27)40(52-51-32)26-5-9-35(49-20-26)53-15-17-55(18-16-53)42(60)25-11-13-54(14-12-25)37(58)23-48-33-4-2-3-28-39(33)44(62)56(43(28)61)34-8-10-36(57)50-41(34)59/h2-7,9,19-22,24-25,34,48H,8,10-18,23H2,1H3,(H,51,52)(H,50,57,59)/t24-,34?/m1/s1. The van der Waals surface area contributed by atoms with Crippen LogP contribution in [-0.4, -0.2) is 122 Å². The Morgan fingerprint density at radius 2 is 1.65 bits per heavy atom. The molecule has 5 aromatic rings. The van der Waals surface area contributed by atoms with E-state index < -0.39 is 35.8 Å². The molecule has 3 aromatic heterocycles. The number of nitrogens with zero attached hydrogens (tertiary/aromatic N) is 7. The second kappa shape index (κ2) is 17.3. The fourth-order valence-corrected chi connectivity index (χ4v) is 9.48. The molecule has 19 heteroatoms. The molecule has 3 saturated heterocycles. The van der Waals surface area contributed by atoms with Crippen molar-refractivity contribution in [3.8, 4) is 17.0 Å². The van der Waals surface area contributed by atoms with E-state index in [1.807, 2.05) is 42.2 Å². The topological polar surface area (TPSA) is 203 Å². The van der Waals surface area contributed by atoms with Gasteiger partial charge < -0.3 is 24.8 Å². The van der Waals surface area contributed by atoms with Gasteiger partial charge in [-0.25, -0.2) is 4.98 Å². The molecule has 0 aliphatic carbocycles. The number of carbonyl (C=O) groups is 6. The van der Waals surface area contributed by atoms with Crippen molar-refractivity contribution in [2.24, 2.45) is 5.92 Å². The van der Waals surface area contributed by atoms with Crippen LogP contribution in [0.5, 0.6) is 5.75 Å². The largest absolute Gasteiger partial charge is 0.486 e. The summed E-state index contributed by atoms with van der Waals surface area (Å²) in [6, 6.07) is 13.3. The maximum absolute atomic E-state index is 13.6. The summed E-state index contributed by atoms with van der Waals surface area (Å²) < 4.78 is 6.23. The van der Waals surface area contributed by atoms with Gasteiger partial charge in [0.2, 0.25) is 23.6 Å². The quantitative estimate of drug-likeness (QED) is 0.161. The zero-order valence-corrected chi connectivity index (χ0v) is 35.6. The number of halogens is 2. The summed E-state index contributed by atoms with van der Waals surface area (Å²) in [6.45, 7) is 4.92. The normalized spacial score (nSPS) is 18.7. The zero-order valence-electron chi connectivity index (χ0n) is 34.1. The van der Waals surface area contributed by atoms with Crippen LogP contribution >= 0.6 is 23.2 Å². The number of carbonyl (C=O) groups excluding carboxylic acids is 6. The van der Waals surface area contributed by atoms with E-state index in [-0.39, 0.29) is 48.2 Å². The number of hydrogen-bond acceptors (Lipinski definition) is 12. The van der Waals surface area contributed by atoms with E-state index in [0.717, 1.165) is 32.9 Å². The minimum atomic E-state index is -1.09. The molecule has 0 bridgehead atoms. The molecule has 4 aliphatic heterocycles. The van der Waals surface area contributed by atoms with Crippen LogP contribution in [0.1, 0.15) is 65.0 Å². The van der Waals surface area contributed by atoms with Crippen molar-refractivity contribution in [2.45, 2.75) is 44.8 Å². The SMILES string of the molecule is C[C@@H](Oc1ccc2[nH]nc(-c3ccc(N4CCN(C(=O)C5CCN(C(=O)CNc6cccc7c6C(=O)N(C6CCC(=O)NC6=O)C7=O)CC5)CC4)nc3)c2c1)c1c(Cl)cncc1Cl. The number of aromatic amines is 1. The summed E-state index contributed by atoms with van der Waals surface area (Å²) in [5.74, 6) is -1.30. The Morgan fingerprint density at radius 3 is 2.37 bits per heavy atom. The number of likely N-dealkylation sites (tertiary alicyclic amines) is 1. The number of nitrogens with one attached hydrogen (secondary N) is 3. The maximum Gasteiger partial charge on any atom is 0.264 e. The van der Waals surface area contributed by atoms with Crippen LogP contribution in [0.4, 0.5) is 11.5 Å². The number of benzene rings is 2. The summed E-state index contributed by atoms with van der Waals surface area (Å²) >= 11 is 12.7. The molecule has 1 unspecified atom stereocenters. The number of pyridine rings is 2. The van der Waals surface area contributed by atoms with Gasteiger partial charge in [0.05, 0.1) is 33.2 Å². The molecule has 2 aromatic carbocycles. The first-order valence-corrected chi connectivity index (χ1v) is 21.5. The molecule has 3 fully saturated rings. The molecule has 63 heavy (non-hydrogen) atoms. The Hall–Kier alpha value is -6.59. The average Bonchev–Trinajstić information content (AvgIpc) is 3.82. The number of anilines is 2. The molecule has 3 N–H and O–H groups in total. The number of piperazine rings is 1. The molecule has 2 atom stereocenters. The van der Waals surface area contributed by atoms with Gasteiger partial charge in [-0.1, -0.05) is 29.3 Å². The highest BCUT2D eigenvalue weighted by molar-refractivity contribution is 6.35. The highest BCUT2D eigenvalue weighted by Crippen LogP contribution is 2.36. The Bertz CT molecular complexity index is 2640. The first-order chi connectivity index (χ1) is 30.4. The lowest BCUT2D eigenvalue weighted by atomic mass is 9.95. The molecule has 7 heterocycles. The number of hydrogen-bond donors (Lipinski definition) is 3. The van der Waals surface area contributed by atoms with Gasteiger partial charge in [0.15, 0.2) is 0 Å². The molecule has 6 amide bonds. The highest BCUT2D eigenvalue weighted by atomic mass is 35.5. The van der Waals surface area contributed by atoms with Crippen LogP contribution in [0, 0.1) is 5.92 Å². The molecule has 0 radical (unpaired) electrons. The summed E-state index contributed by atoms with van der Waals surface area (Å²) in [5, 5.41) is 14.6. The average molecular weight is 894 g/mol. The van der Waals surface area contributed by atoms with Crippen molar-refractivity contribution in [1.29, 1.82) is 0 Å². The number of rotatable bonds is 10. The lowest BCUT2D eigenvalue weighted by Crippen LogP contribution is -2.54. The fourth-order valence-electron chi connectivity index (χ4n) is 8.81. The third-order valence-corrected chi connectivity index (χ3v) is 12.8. The zero-order chi connectivity index (χ0) is 43.9. The number of piperidine rings is 2. The first kappa shape index (κ1) is 41.7. The van der Waals surface area contributed by atoms with Crippen LogP contribution < -0.4 is 20.3 Å². The van der Waals surface area contributed by atoms with E-state index in [0.29, 0.717) is 79.2 Å². The third kappa shape index (κ3) is 8.13. The Labute approximate surface area is 371 Å². The highest BCUT2D eigenvalue weighted by Gasteiger charge is 2.45. The number of H-pyrrole nitrogens is 1. The lowest BCUT2D eigenvalue weighted by molar-refractivity contribution is -0.140. The summed E-state index contributed by atoms with van der Waals surface area (Å²) in [5.41, 5.74) is 3.59. The van der Waals surface area contributed by atoms with E-state index in [9.17, 15) is 28.8 Å². The Morgan fingerprint density at radius 1 is 0.889 bits per heavy atom. The van der Waals surface area contributed by atoms with Crippen molar-refractivity contribution in [1.82, 2.24) is 40.2 Å². The van der Waals surface area contributed by atoms with Crippen molar-refractivity contribution in [3.63, 3.8) is 0 Å². The second-order valence-electron chi connectivity index (χ2n) is 16.0. The number of amides is 6. The van der Waals surface area contributed by atoms with Crippen LogP contribution in [0.3, 0.4) is 0 Å². The maximum atomic E-state index is 13.6. The van der Waals surface area contributed by atoms with Crippen LogP contribution in [0.2, 0.25) is 10.0 Å². The van der Waals surface area contributed by atoms with E-state index in [1.165, 1.54) is 18.5 Å². The van der Waals surface area contributed by atoms with Gasteiger partial charge >= 0.3 is 0 Å². The monoisotopic (exact) mass is 892 g/mol. The molecule has 9 rings (SSSR count). The Balaban J connectivity index is 0.750. The predicted molar refractivity (Wildman–Crippen MR) is 232 cm³/mol. The van der Waals surface area contributed by atoms with Gasteiger partial charge in [0.1, 0.15) is 29.4 Å². The predicted octanol–water partition coefficient (Wildman–Crippen LogP) is 4.87. The third-order valence-electron chi connectivity index (χ3n) is 12.2. The molecule has 17 nitrogen and oxygen atoms in total. The summed E-state index contributed by atoms with van der Waals surface area (Å²) in [4.78, 5) is 93.1. The number of aromatic nitrogens is 4. The molecule has 0 spiro atoms. The van der Waals surface area contributed by atoms with Crippen LogP contribution in [0.15, 0.2) is 67.1 Å². The molecule has 324 valence electrons. The van der Waals surface area contributed by atoms with Gasteiger partial charge in [0, 0.05) is 92.4 Å². The number of ether oxygens (including phenoxy) is 1. The van der Waals surface area contributed by atoms with Gasteiger partial charge in [0.25, 0.3) is 11.8 Å². The van der Waals surface area contributed by atoms with Crippen molar-refractivity contribution in [2.75, 3.05) is 56.0 Å². The Kier molecular flexibility index (Phi) is 11.5. The van der Waals surface area contributed by atoms with E-state index >= 15 is 0 Å². The van der Waals surface area contributed by atoms with Crippen molar-refractivity contribution >= 4 is 81.1 Å². The fraction of sp³-hybridized carbons (Fsp3) is 0.341. The summed E-state index contributed by atoms with van der Waals surface area (Å²) in [7, 11) is 0. The van der Waals surface area contributed by atoms with Gasteiger partial charge in [-0.05, 0) is 68.7 Å². The second-order valence-corrected chi connectivity index (χ2v) is 16.8. The van der Waals surface area contributed by atoms with E-state index in [4.69, 9.17) is 32.9 Å². The molecule has 0 saturated carbocycles. The first-order valence-electron chi connectivity index (χ1n) is 20.7. The molecular weight excluding hydrogens is 851 g/mol. The minimum Gasteiger partial charge on any atom is -0.486 e. The lowest BCUT2D eigenvalue weighted by Gasteiger charge is -2.39. The van der Waals surface area contributed by atoms with Gasteiger partial charge in [-0.3, -0.25) is 49.1 Å².